The van der Waals surface area contributed by atoms with Gasteiger partial charge >= 0.3 is 0 Å². The number of hydrogen-bond donors (Lipinski definition) is 2. The average molecular weight is 329 g/mol. The molecule has 3 rings (SSSR count). The summed E-state index contributed by atoms with van der Waals surface area (Å²) in [5.74, 6) is 0.320. The Bertz CT molecular complexity index is 661. The molecule has 3 N–H and O–H groups in total. The molecule has 0 saturated carbocycles. The Morgan fingerprint density at radius 3 is 2.91 bits per heavy atom. The van der Waals surface area contributed by atoms with Gasteiger partial charge in [-0.3, -0.25) is 4.79 Å². The second-order valence-electron chi connectivity index (χ2n) is 5.96. The maximum Gasteiger partial charge on any atom is 0.224 e. The number of para-hydroxylation sites is 1. The van der Waals surface area contributed by atoms with Gasteiger partial charge in [0, 0.05) is 12.5 Å². The molecule has 1 aliphatic carbocycles. The van der Waals surface area contributed by atoms with Crippen LogP contribution in [0.3, 0.4) is 0 Å². The van der Waals surface area contributed by atoms with Gasteiger partial charge in [-0.1, -0.05) is 24.3 Å². The number of nitrogens with two attached hydrogens (primary N) is 1. The van der Waals surface area contributed by atoms with Crippen molar-refractivity contribution in [2.75, 3.05) is 13.1 Å². The number of carbonyl (C=O) groups is 1. The van der Waals surface area contributed by atoms with Crippen LogP contribution in [0.5, 0.6) is 0 Å². The Morgan fingerprint density at radius 2 is 2.09 bits per heavy atom. The minimum atomic E-state index is -0.0153. The zero-order valence-corrected chi connectivity index (χ0v) is 14.0. The fourth-order valence-corrected chi connectivity index (χ4v) is 4.18. The molecule has 2 aromatic rings. The van der Waals surface area contributed by atoms with E-state index in [-0.39, 0.29) is 17.7 Å². The summed E-state index contributed by atoms with van der Waals surface area (Å²) in [6, 6.07) is 8.17. The van der Waals surface area contributed by atoms with Gasteiger partial charge in [-0.25, -0.2) is 4.98 Å². The van der Waals surface area contributed by atoms with Gasteiger partial charge in [0.1, 0.15) is 0 Å². The molecule has 0 radical (unpaired) electrons. The van der Waals surface area contributed by atoms with E-state index < -0.39 is 0 Å². The molecule has 1 aromatic carbocycles. The number of nitrogens with one attached hydrogen (secondary N) is 1. The molecule has 23 heavy (non-hydrogen) atoms. The van der Waals surface area contributed by atoms with Crippen LogP contribution in [-0.4, -0.2) is 24.0 Å². The lowest BCUT2D eigenvalue weighted by Crippen LogP contribution is -2.35. The number of benzene rings is 1. The van der Waals surface area contributed by atoms with E-state index in [9.17, 15) is 4.79 Å². The topological polar surface area (TPSA) is 68.0 Å². The highest BCUT2D eigenvalue weighted by atomic mass is 32.1. The maximum absolute atomic E-state index is 12.6. The number of amides is 1. The van der Waals surface area contributed by atoms with Gasteiger partial charge in [-0.2, -0.15) is 0 Å². The van der Waals surface area contributed by atoms with Crippen LogP contribution in [0.4, 0.5) is 0 Å². The second kappa shape index (κ2) is 7.70. The first-order valence-corrected chi connectivity index (χ1v) is 9.09. The Labute approximate surface area is 140 Å². The lowest BCUT2D eigenvalue weighted by molar-refractivity contribution is -0.125. The maximum atomic E-state index is 12.6. The first-order valence-electron chi connectivity index (χ1n) is 8.28. The number of nitrogens with zero attached hydrogens (tertiary/aromatic N) is 1. The third kappa shape index (κ3) is 3.79. The Kier molecular flexibility index (Phi) is 5.41. The molecule has 0 aliphatic heterocycles. The quantitative estimate of drug-likeness (QED) is 0.632. The van der Waals surface area contributed by atoms with Crippen molar-refractivity contribution in [2.45, 2.75) is 31.6 Å². The van der Waals surface area contributed by atoms with Gasteiger partial charge in [0.25, 0.3) is 0 Å². The average Bonchev–Trinajstić information content (AvgIpc) is 3.02. The smallest absolute Gasteiger partial charge is 0.224 e. The molecule has 5 heteroatoms. The summed E-state index contributed by atoms with van der Waals surface area (Å²) in [5, 5.41) is 4.15. The fourth-order valence-electron chi connectivity index (χ4n) is 3.04. The van der Waals surface area contributed by atoms with Crippen molar-refractivity contribution < 1.29 is 4.79 Å². The predicted octanol–water partition coefficient (Wildman–Crippen LogP) is 3.20. The number of fused-ring (bicyclic) bond motifs is 1. The molecule has 0 bridgehead atoms. The van der Waals surface area contributed by atoms with Crippen LogP contribution in [0.2, 0.25) is 0 Å². The Morgan fingerprint density at radius 1 is 1.26 bits per heavy atom. The highest BCUT2D eigenvalue weighted by molar-refractivity contribution is 7.18. The number of unbranched alkanes of at least 4 members (excludes halogenated alkanes) is 1. The molecule has 1 heterocycles. The van der Waals surface area contributed by atoms with E-state index in [2.05, 4.69) is 23.5 Å². The summed E-state index contributed by atoms with van der Waals surface area (Å²) in [6.45, 7) is 1.39. The zero-order valence-electron chi connectivity index (χ0n) is 13.2. The third-order valence-electron chi connectivity index (χ3n) is 4.33. The summed E-state index contributed by atoms with van der Waals surface area (Å²) in [6.07, 6.45) is 7.87. The van der Waals surface area contributed by atoms with E-state index in [1.54, 1.807) is 11.3 Å². The largest absolute Gasteiger partial charge is 0.356 e. The lowest BCUT2D eigenvalue weighted by Gasteiger charge is -2.26. The van der Waals surface area contributed by atoms with Crippen LogP contribution in [0, 0.1) is 5.92 Å². The minimum absolute atomic E-state index is 0.0153. The van der Waals surface area contributed by atoms with Crippen molar-refractivity contribution in [3.8, 4) is 0 Å². The summed E-state index contributed by atoms with van der Waals surface area (Å²) in [7, 11) is 0. The van der Waals surface area contributed by atoms with E-state index >= 15 is 0 Å². The standard InChI is InChI=1S/C18H23N3OS/c19-11-5-6-12-20-17(22)13-7-1-2-8-14(13)18-21-15-9-3-4-10-16(15)23-18/h1-4,9-10,13-14H,5-8,11-12,19H2,(H,20,22). The van der Waals surface area contributed by atoms with Crippen LogP contribution in [-0.2, 0) is 4.79 Å². The number of rotatable bonds is 6. The first kappa shape index (κ1) is 16.1. The highest BCUT2D eigenvalue weighted by Gasteiger charge is 2.32. The normalized spacial score (nSPS) is 20.7. The van der Waals surface area contributed by atoms with Crippen molar-refractivity contribution >= 4 is 27.5 Å². The van der Waals surface area contributed by atoms with E-state index in [4.69, 9.17) is 10.7 Å². The van der Waals surface area contributed by atoms with Crippen molar-refractivity contribution in [1.82, 2.24) is 10.3 Å². The fraction of sp³-hybridized carbons (Fsp3) is 0.444. The van der Waals surface area contributed by atoms with Gasteiger partial charge < -0.3 is 11.1 Å². The van der Waals surface area contributed by atoms with Gasteiger partial charge in [0.05, 0.1) is 21.1 Å². The lowest BCUT2D eigenvalue weighted by atomic mass is 9.82. The van der Waals surface area contributed by atoms with E-state index in [1.165, 1.54) is 4.70 Å². The van der Waals surface area contributed by atoms with Crippen LogP contribution in [0.15, 0.2) is 36.4 Å². The monoisotopic (exact) mass is 329 g/mol. The van der Waals surface area contributed by atoms with Gasteiger partial charge in [0.2, 0.25) is 5.91 Å². The van der Waals surface area contributed by atoms with Gasteiger partial charge in [-0.05, 0) is 44.4 Å². The number of carbonyl (C=O) groups excluding carboxylic acids is 1. The molecule has 122 valence electrons. The summed E-state index contributed by atoms with van der Waals surface area (Å²) < 4.78 is 1.19. The number of hydrogen-bond acceptors (Lipinski definition) is 4. The first-order chi connectivity index (χ1) is 11.3. The Hall–Kier alpha value is -1.72. The molecule has 0 spiro atoms. The molecule has 1 aliphatic rings. The molecule has 0 fully saturated rings. The SMILES string of the molecule is NCCCCNC(=O)C1CC=CCC1c1nc2ccccc2s1. The predicted molar refractivity (Wildman–Crippen MR) is 95.5 cm³/mol. The van der Waals surface area contributed by atoms with Gasteiger partial charge in [-0.15, -0.1) is 11.3 Å². The number of thiazole rings is 1. The molecule has 2 atom stereocenters. The van der Waals surface area contributed by atoms with Crippen LogP contribution in [0.1, 0.15) is 36.6 Å². The Balaban J connectivity index is 1.73. The van der Waals surface area contributed by atoms with E-state index in [0.717, 1.165) is 36.2 Å². The molecule has 2 unspecified atom stereocenters. The van der Waals surface area contributed by atoms with Gasteiger partial charge in [0.15, 0.2) is 0 Å². The molecular weight excluding hydrogens is 306 g/mol. The third-order valence-corrected chi connectivity index (χ3v) is 5.50. The van der Waals surface area contributed by atoms with Crippen LogP contribution >= 0.6 is 11.3 Å². The summed E-state index contributed by atoms with van der Waals surface area (Å²) >= 11 is 1.72. The number of aromatic nitrogens is 1. The van der Waals surface area contributed by atoms with E-state index in [1.807, 2.05) is 18.2 Å². The summed E-state index contributed by atoms with van der Waals surface area (Å²) in [4.78, 5) is 17.3. The molecule has 1 aromatic heterocycles. The van der Waals surface area contributed by atoms with Crippen LogP contribution < -0.4 is 11.1 Å². The zero-order chi connectivity index (χ0) is 16.1. The van der Waals surface area contributed by atoms with Crippen molar-refractivity contribution in [3.05, 3.63) is 41.4 Å². The van der Waals surface area contributed by atoms with E-state index in [0.29, 0.717) is 13.1 Å². The molecule has 1 amide bonds. The molecule has 0 saturated heterocycles. The molecule has 4 nitrogen and oxygen atoms in total. The highest BCUT2D eigenvalue weighted by Crippen LogP contribution is 2.38. The molecular formula is C18H23N3OS. The van der Waals surface area contributed by atoms with Crippen molar-refractivity contribution in [1.29, 1.82) is 0 Å². The second-order valence-corrected chi connectivity index (χ2v) is 7.02. The van der Waals surface area contributed by atoms with Crippen molar-refractivity contribution in [2.24, 2.45) is 11.7 Å². The summed E-state index contributed by atoms with van der Waals surface area (Å²) in [5.41, 5.74) is 6.53. The minimum Gasteiger partial charge on any atom is -0.356 e. The van der Waals surface area contributed by atoms with Crippen molar-refractivity contribution in [3.63, 3.8) is 0 Å². The van der Waals surface area contributed by atoms with Crippen LogP contribution in [0.25, 0.3) is 10.2 Å². The number of allylic oxidation sites excluding steroid dienone is 2.